The van der Waals surface area contributed by atoms with Crippen LogP contribution in [0.3, 0.4) is 0 Å². The number of ether oxygens (including phenoxy) is 1. The van der Waals surface area contributed by atoms with Crippen LogP contribution in [-0.2, 0) is 9.63 Å². The predicted octanol–water partition coefficient (Wildman–Crippen LogP) is 4.71. The van der Waals surface area contributed by atoms with Crippen molar-refractivity contribution in [2.75, 3.05) is 6.61 Å². The summed E-state index contributed by atoms with van der Waals surface area (Å²) in [5.74, 6) is -0.292. The lowest BCUT2D eigenvalue weighted by atomic mass is 10.2. The molecule has 2 aromatic rings. The maximum absolute atomic E-state index is 11.5. The predicted molar refractivity (Wildman–Crippen MR) is 89.8 cm³/mol. The topological polar surface area (TPSA) is 47.9 Å². The van der Waals surface area contributed by atoms with Crippen molar-refractivity contribution < 1.29 is 14.4 Å². The van der Waals surface area contributed by atoms with Gasteiger partial charge in [0.1, 0.15) is 5.75 Å². The first kappa shape index (κ1) is 16.8. The molecule has 4 nitrogen and oxygen atoms in total. The van der Waals surface area contributed by atoms with Crippen LogP contribution < -0.4 is 4.74 Å². The zero-order valence-electron chi connectivity index (χ0n) is 11.1. The second-order valence-corrected chi connectivity index (χ2v) is 5.87. The lowest BCUT2D eigenvalue weighted by Gasteiger charge is -2.06. The number of carbonyl (C=O) groups is 1. The van der Waals surface area contributed by atoms with Crippen LogP contribution in [0.4, 0.5) is 0 Å². The molecule has 2 rings (SSSR count). The first-order chi connectivity index (χ1) is 10.5. The van der Waals surface area contributed by atoms with Crippen LogP contribution in [0.25, 0.3) is 0 Å². The quantitative estimate of drug-likeness (QED) is 0.413. The van der Waals surface area contributed by atoms with Crippen LogP contribution in [-0.4, -0.2) is 18.8 Å². The molecule has 0 radical (unpaired) electrons. The molecule has 0 aliphatic carbocycles. The number of rotatable bonds is 5. The standard InChI is InChI=1S/C15H10BrCl2NO3/c16-11-3-1-10(2-4-11)8-19-22-15(20)9-21-14-6-5-12(17)7-13(14)18/h1-8H,9H2/b19-8-. The molecule has 0 saturated heterocycles. The summed E-state index contributed by atoms with van der Waals surface area (Å²) in [7, 11) is 0. The molecular weight excluding hydrogens is 393 g/mol. The van der Waals surface area contributed by atoms with Gasteiger partial charge in [-0.2, -0.15) is 0 Å². The molecule has 0 atom stereocenters. The third-order valence-electron chi connectivity index (χ3n) is 2.47. The van der Waals surface area contributed by atoms with Gasteiger partial charge in [-0.1, -0.05) is 56.4 Å². The summed E-state index contributed by atoms with van der Waals surface area (Å²) in [4.78, 5) is 16.2. The molecule has 22 heavy (non-hydrogen) atoms. The van der Waals surface area contributed by atoms with Gasteiger partial charge in [0.2, 0.25) is 0 Å². The van der Waals surface area contributed by atoms with Gasteiger partial charge in [0.15, 0.2) is 6.61 Å². The molecule has 0 N–H and O–H groups in total. The van der Waals surface area contributed by atoms with Crippen LogP contribution in [0.2, 0.25) is 10.0 Å². The number of halogens is 3. The molecule has 0 aromatic heterocycles. The minimum atomic E-state index is -0.639. The van der Waals surface area contributed by atoms with Gasteiger partial charge in [-0.25, -0.2) is 4.79 Å². The van der Waals surface area contributed by atoms with Crippen molar-refractivity contribution in [3.8, 4) is 5.75 Å². The number of oxime groups is 1. The van der Waals surface area contributed by atoms with E-state index in [1.165, 1.54) is 12.3 Å². The Balaban J connectivity index is 1.81. The number of carbonyl (C=O) groups excluding carboxylic acids is 1. The van der Waals surface area contributed by atoms with Crippen LogP contribution in [0.15, 0.2) is 52.1 Å². The van der Waals surface area contributed by atoms with Crippen LogP contribution in [0.1, 0.15) is 5.56 Å². The maximum Gasteiger partial charge on any atom is 0.372 e. The van der Waals surface area contributed by atoms with E-state index >= 15 is 0 Å². The lowest BCUT2D eigenvalue weighted by Crippen LogP contribution is -2.12. The molecule has 0 unspecified atom stereocenters. The molecule has 0 aliphatic rings. The maximum atomic E-state index is 11.5. The van der Waals surface area contributed by atoms with E-state index < -0.39 is 5.97 Å². The Hall–Kier alpha value is -1.56. The highest BCUT2D eigenvalue weighted by Crippen LogP contribution is 2.27. The molecule has 0 bridgehead atoms. The van der Waals surface area contributed by atoms with E-state index in [-0.39, 0.29) is 6.61 Å². The average Bonchev–Trinajstić information content (AvgIpc) is 2.48. The minimum absolute atomic E-state index is 0.307. The molecule has 0 spiro atoms. The van der Waals surface area contributed by atoms with Crippen molar-refractivity contribution in [2.24, 2.45) is 5.16 Å². The fourth-order valence-electron chi connectivity index (χ4n) is 1.45. The highest BCUT2D eigenvalue weighted by Gasteiger charge is 2.07. The molecule has 0 saturated carbocycles. The van der Waals surface area contributed by atoms with Crippen molar-refractivity contribution >= 4 is 51.3 Å². The monoisotopic (exact) mass is 401 g/mol. The first-order valence-corrected chi connectivity index (χ1v) is 7.66. The molecule has 0 heterocycles. The Morgan fingerprint density at radius 1 is 1.18 bits per heavy atom. The molecule has 0 fully saturated rings. The summed E-state index contributed by atoms with van der Waals surface area (Å²) in [6, 6.07) is 12.1. The van der Waals surface area contributed by atoms with Crippen molar-refractivity contribution in [3.05, 3.63) is 62.5 Å². The number of benzene rings is 2. The average molecular weight is 403 g/mol. The third kappa shape index (κ3) is 5.33. The largest absolute Gasteiger partial charge is 0.480 e. The van der Waals surface area contributed by atoms with Gasteiger partial charge >= 0.3 is 5.97 Å². The van der Waals surface area contributed by atoms with Crippen LogP contribution in [0.5, 0.6) is 5.75 Å². The summed E-state index contributed by atoms with van der Waals surface area (Å²) in [5.41, 5.74) is 0.803. The number of hydrogen-bond acceptors (Lipinski definition) is 4. The third-order valence-corrected chi connectivity index (χ3v) is 3.52. The van der Waals surface area contributed by atoms with Crippen molar-refractivity contribution in [1.29, 1.82) is 0 Å². The molecular formula is C15H10BrCl2NO3. The fourth-order valence-corrected chi connectivity index (χ4v) is 2.18. The van der Waals surface area contributed by atoms with Crippen molar-refractivity contribution in [3.63, 3.8) is 0 Å². The molecule has 0 aliphatic heterocycles. The van der Waals surface area contributed by atoms with Gasteiger partial charge in [0.25, 0.3) is 0 Å². The van der Waals surface area contributed by atoms with Gasteiger partial charge in [-0.05, 0) is 35.9 Å². The zero-order valence-corrected chi connectivity index (χ0v) is 14.2. The van der Waals surface area contributed by atoms with E-state index in [0.717, 1.165) is 10.0 Å². The molecule has 2 aromatic carbocycles. The summed E-state index contributed by atoms with van der Waals surface area (Å²) in [5, 5.41) is 4.40. The Labute approximate surface area is 145 Å². The van der Waals surface area contributed by atoms with E-state index in [9.17, 15) is 4.79 Å². The van der Waals surface area contributed by atoms with Crippen molar-refractivity contribution in [2.45, 2.75) is 0 Å². The second-order valence-electron chi connectivity index (χ2n) is 4.11. The highest BCUT2D eigenvalue weighted by molar-refractivity contribution is 9.10. The Morgan fingerprint density at radius 3 is 2.59 bits per heavy atom. The second kappa shape index (κ2) is 8.17. The van der Waals surface area contributed by atoms with E-state index in [4.69, 9.17) is 27.9 Å². The van der Waals surface area contributed by atoms with Crippen molar-refractivity contribution in [1.82, 2.24) is 0 Å². The summed E-state index contributed by atoms with van der Waals surface area (Å²) in [6.07, 6.45) is 1.43. The zero-order chi connectivity index (χ0) is 15.9. The van der Waals surface area contributed by atoms with Crippen LogP contribution in [0, 0.1) is 0 Å². The first-order valence-electron chi connectivity index (χ1n) is 6.11. The summed E-state index contributed by atoms with van der Waals surface area (Å²) in [6.45, 7) is -0.307. The van der Waals surface area contributed by atoms with Gasteiger partial charge in [0, 0.05) is 9.50 Å². The SMILES string of the molecule is O=C(COc1ccc(Cl)cc1Cl)O/N=C\c1ccc(Br)cc1. The number of hydrogen-bond donors (Lipinski definition) is 0. The smallest absolute Gasteiger partial charge is 0.372 e. The lowest BCUT2D eigenvalue weighted by molar-refractivity contribution is -0.145. The fraction of sp³-hybridized carbons (Fsp3) is 0.0667. The van der Waals surface area contributed by atoms with Gasteiger partial charge in [-0.15, -0.1) is 0 Å². The minimum Gasteiger partial charge on any atom is -0.480 e. The van der Waals surface area contributed by atoms with E-state index in [0.29, 0.717) is 15.8 Å². The highest BCUT2D eigenvalue weighted by atomic mass is 79.9. The van der Waals surface area contributed by atoms with Crippen LogP contribution >= 0.6 is 39.1 Å². The number of nitrogens with zero attached hydrogens (tertiary/aromatic N) is 1. The van der Waals surface area contributed by atoms with Gasteiger partial charge in [-0.3, -0.25) is 0 Å². The Morgan fingerprint density at radius 2 is 1.91 bits per heavy atom. The van der Waals surface area contributed by atoms with E-state index in [1.807, 2.05) is 24.3 Å². The van der Waals surface area contributed by atoms with E-state index in [1.54, 1.807) is 12.1 Å². The molecule has 114 valence electrons. The summed E-state index contributed by atoms with van der Waals surface area (Å²) < 4.78 is 6.18. The molecule has 0 amide bonds. The Kier molecular flexibility index (Phi) is 6.24. The summed E-state index contributed by atoms with van der Waals surface area (Å²) >= 11 is 15.0. The Bertz CT molecular complexity index is 690. The van der Waals surface area contributed by atoms with Gasteiger partial charge < -0.3 is 9.57 Å². The normalized spacial score (nSPS) is 10.7. The van der Waals surface area contributed by atoms with E-state index in [2.05, 4.69) is 25.9 Å². The molecule has 7 heteroatoms. The van der Waals surface area contributed by atoms with Gasteiger partial charge in [0.05, 0.1) is 11.2 Å².